The second-order valence-electron chi connectivity index (χ2n) is 4.03. The van der Waals surface area contributed by atoms with Crippen LogP contribution in [0.3, 0.4) is 0 Å². The second-order valence-corrected chi connectivity index (χ2v) is 4.03. The lowest BCUT2D eigenvalue weighted by atomic mass is 9.98. The molecule has 0 fully saturated rings. The molecule has 2 nitrogen and oxygen atoms in total. The highest BCUT2D eigenvalue weighted by Gasteiger charge is 2.18. The third kappa shape index (κ3) is 2.36. The van der Waals surface area contributed by atoms with Gasteiger partial charge in [0.1, 0.15) is 11.6 Å². The molecule has 2 rings (SSSR count). The number of furan rings is 1. The lowest BCUT2D eigenvalue weighted by Gasteiger charge is -2.14. The monoisotopic (exact) mass is 237 g/mol. The largest absolute Gasteiger partial charge is 0.472 e. The van der Waals surface area contributed by atoms with Gasteiger partial charge < -0.3 is 10.2 Å². The lowest BCUT2D eigenvalue weighted by molar-refractivity contribution is 0.517. The smallest absolute Gasteiger partial charge is 0.133 e. The zero-order valence-electron chi connectivity index (χ0n) is 9.41. The second kappa shape index (κ2) is 4.67. The van der Waals surface area contributed by atoms with E-state index in [0.717, 1.165) is 5.56 Å². The van der Waals surface area contributed by atoms with Gasteiger partial charge in [-0.3, -0.25) is 0 Å². The van der Waals surface area contributed by atoms with Crippen molar-refractivity contribution in [1.82, 2.24) is 0 Å². The molecule has 1 aromatic heterocycles. The molecule has 0 aliphatic rings. The first-order chi connectivity index (χ1) is 8.09. The van der Waals surface area contributed by atoms with E-state index in [0.29, 0.717) is 12.0 Å². The number of aryl methyl sites for hydroxylation is 1. The Morgan fingerprint density at radius 2 is 2.06 bits per heavy atom. The Balaban J connectivity index is 2.30. The summed E-state index contributed by atoms with van der Waals surface area (Å²) in [6.07, 6.45) is 3.37. The van der Waals surface area contributed by atoms with E-state index < -0.39 is 17.7 Å². The van der Waals surface area contributed by atoms with Crippen LogP contribution in [-0.2, 0) is 6.42 Å². The highest BCUT2D eigenvalue weighted by atomic mass is 19.1. The van der Waals surface area contributed by atoms with Gasteiger partial charge in [0.2, 0.25) is 0 Å². The van der Waals surface area contributed by atoms with E-state index in [4.69, 9.17) is 10.2 Å². The average Bonchev–Trinajstić information content (AvgIpc) is 2.77. The fraction of sp³-hybridized carbons (Fsp3) is 0.231. The minimum absolute atomic E-state index is 0.0637. The molecule has 0 saturated heterocycles. The number of hydrogen-bond acceptors (Lipinski definition) is 2. The standard InChI is InChI=1S/C13H13F2NO/c1-8-2-3-10(14)12(13(8)15)11(16)6-9-4-5-17-7-9/h2-5,7,11H,6,16H2,1H3. The molecule has 1 heterocycles. The molecule has 2 aromatic rings. The van der Waals surface area contributed by atoms with Crippen LogP contribution in [0.25, 0.3) is 0 Å². The van der Waals surface area contributed by atoms with Crippen LogP contribution < -0.4 is 5.73 Å². The SMILES string of the molecule is Cc1ccc(F)c(C(N)Cc2ccoc2)c1F. The molecule has 0 amide bonds. The maximum absolute atomic E-state index is 13.8. The number of hydrogen-bond donors (Lipinski definition) is 1. The zero-order valence-corrected chi connectivity index (χ0v) is 9.41. The van der Waals surface area contributed by atoms with E-state index in [1.54, 1.807) is 13.0 Å². The number of benzene rings is 1. The van der Waals surface area contributed by atoms with Gasteiger partial charge in [-0.2, -0.15) is 0 Å². The fourth-order valence-electron chi connectivity index (χ4n) is 1.78. The Labute approximate surface area is 98.0 Å². The first kappa shape index (κ1) is 11.8. The molecule has 0 saturated carbocycles. The van der Waals surface area contributed by atoms with Crippen LogP contribution in [0.1, 0.15) is 22.7 Å². The van der Waals surface area contributed by atoms with Crippen molar-refractivity contribution in [3.8, 4) is 0 Å². The van der Waals surface area contributed by atoms with Crippen molar-refractivity contribution in [1.29, 1.82) is 0 Å². The predicted octanol–water partition coefficient (Wildman–Crippen LogP) is 3.11. The molecular weight excluding hydrogens is 224 g/mol. The lowest BCUT2D eigenvalue weighted by Crippen LogP contribution is -2.17. The molecule has 1 aromatic carbocycles. The first-order valence-electron chi connectivity index (χ1n) is 5.30. The number of nitrogens with two attached hydrogens (primary N) is 1. The first-order valence-corrected chi connectivity index (χ1v) is 5.30. The summed E-state index contributed by atoms with van der Waals surface area (Å²) in [7, 11) is 0. The summed E-state index contributed by atoms with van der Waals surface area (Å²) < 4.78 is 32.3. The van der Waals surface area contributed by atoms with Gasteiger partial charge in [0.05, 0.1) is 12.5 Å². The molecule has 0 radical (unpaired) electrons. The Bertz CT molecular complexity index is 508. The molecule has 4 heteroatoms. The molecule has 1 atom stereocenters. The van der Waals surface area contributed by atoms with E-state index in [2.05, 4.69) is 0 Å². The van der Waals surface area contributed by atoms with Crippen molar-refractivity contribution in [2.24, 2.45) is 5.73 Å². The van der Waals surface area contributed by atoms with Crippen LogP contribution in [0.4, 0.5) is 8.78 Å². The fourth-order valence-corrected chi connectivity index (χ4v) is 1.78. The van der Waals surface area contributed by atoms with Gasteiger partial charge in [-0.25, -0.2) is 8.78 Å². The summed E-state index contributed by atoms with van der Waals surface area (Å²) in [5.74, 6) is -1.18. The zero-order chi connectivity index (χ0) is 12.4. The Hall–Kier alpha value is -1.68. The highest BCUT2D eigenvalue weighted by molar-refractivity contribution is 5.30. The van der Waals surface area contributed by atoms with Crippen LogP contribution in [0, 0.1) is 18.6 Å². The van der Waals surface area contributed by atoms with Gasteiger partial charge in [0, 0.05) is 11.6 Å². The van der Waals surface area contributed by atoms with Crippen LogP contribution in [0.5, 0.6) is 0 Å². The molecule has 90 valence electrons. The van der Waals surface area contributed by atoms with Crippen LogP contribution in [-0.4, -0.2) is 0 Å². The van der Waals surface area contributed by atoms with Gasteiger partial charge in [-0.1, -0.05) is 6.07 Å². The van der Waals surface area contributed by atoms with Gasteiger partial charge in [-0.05, 0) is 36.6 Å². The van der Waals surface area contributed by atoms with Crippen molar-refractivity contribution in [2.45, 2.75) is 19.4 Å². The van der Waals surface area contributed by atoms with Gasteiger partial charge in [-0.15, -0.1) is 0 Å². The van der Waals surface area contributed by atoms with Crippen LogP contribution in [0.15, 0.2) is 35.1 Å². The summed E-state index contributed by atoms with van der Waals surface area (Å²) in [4.78, 5) is 0. The van der Waals surface area contributed by atoms with Gasteiger partial charge in [0.15, 0.2) is 0 Å². The van der Waals surface area contributed by atoms with Gasteiger partial charge in [0.25, 0.3) is 0 Å². The summed E-state index contributed by atoms with van der Waals surface area (Å²) in [6.45, 7) is 1.59. The Kier molecular flexibility index (Phi) is 3.24. The molecular formula is C13H13F2NO. The number of halogens is 2. The molecule has 0 aliphatic carbocycles. The average molecular weight is 237 g/mol. The van der Waals surface area contributed by atoms with E-state index in [-0.39, 0.29) is 5.56 Å². The van der Waals surface area contributed by atoms with Crippen molar-refractivity contribution >= 4 is 0 Å². The van der Waals surface area contributed by atoms with Crippen molar-refractivity contribution in [2.75, 3.05) is 0 Å². The predicted molar refractivity (Wildman–Crippen MR) is 60.4 cm³/mol. The maximum atomic E-state index is 13.8. The van der Waals surface area contributed by atoms with E-state index in [1.807, 2.05) is 0 Å². The summed E-state index contributed by atoms with van der Waals surface area (Å²) in [5, 5.41) is 0. The normalized spacial score (nSPS) is 12.7. The third-order valence-corrected chi connectivity index (χ3v) is 2.73. The Morgan fingerprint density at radius 3 is 2.71 bits per heavy atom. The summed E-state index contributed by atoms with van der Waals surface area (Å²) in [6, 6.07) is 3.65. The minimum atomic E-state index is -0.715. The third-order valence-electron chi connectivity index (χ3n) is 2.73. The highest BCUT2D eigenvalue weighted by Crippen LogP contribution is 2.24. The van der Waals surface area contributed by atoms with E-state index in [1.165, 1.54) is 24.7 Å². The molecule has 0 aliphatic heterocycles. The molecule has 0 spiro atoms. The van der Waals surface area contributed by atoms with Crippen molar-refractivity contribution in [3.63, 3.8) is 0 Å². The summed E-state index contributed by atoms with van der Waals surface area (Å²) in [5.41, 5.74) is 6.98. The Morgan fingerprint density at radius 1 is 1.29 bits per heavy atom. The summed E-state index contributed by atoms with van der Waals surface area (Å²) >= 11 is 0. The minimum Gasteiger partial charge on any atom is -0.472 e. The molecule has 1 unspecified atom stereocenters. The topological polar surface area (TPSA) is 39.2 Å². The van der Waals surface area contributed by atoms with Crippen molar-refractivity contribution < 1.29 is 13.2 Å². The quantitative estimate of drug-likeness (QED) is 0.890. The molecule has 0 bridgehead atoms. The van der Waals surface area contributed by atoms with E-state index in [9.17, 15) is 8.78 Å². The van der Waals surface area contributed by atoms with Crippen LogP contribution >= 0.6 is 0 Å². The maximum Gasteiger partial charge on any atom is 0.133 e. The van der Waals surface area contributed by atoms with Gasteiger partial charge >= 0.3 is 0 Å². The van der Waals surface area contributed by atoms with Crippen molar-refractivity contribution in [3.05, 3.63) is 59.1 Å². The van der Waals surface area contributed by atoms with E-state index >= 15 is 0 Å². The van der Waals surface area contributed by atoms with Crippen LogP contribution in [0.2, 0.25) is 0 Å². The molecule has 2 N–H and O–H groups in total. The number of rotatable bonds is 3. The molecule has 17 heavy (non-hydrogen) atoms.